The Kier molecular flexibility index (Phi) is 3.80. The van der Waals surface area contributed by atoms with Crippen LogP contribution in [0, 0.1) is 0 Å². The lowest BCUT2D eigenvalue weighted by atomic mass is 10.1. The van der Waals surface area contributed by atoms with Gasteiger partial charge in [0.1, 0.15) is 22.5 Å². The molecule has 29 heavy (non-hydrogen) atoms. The third kappa shape index (κ3) is 2.98. The van der Waals surface area contributed by atoms with Crippen LogP contribution in [-0.2, 0) is 4.79 Å². The molecule has 2 heterocycles. The monoisotopic (exact) mass is 386 g/mol. The molecule has 0 fully saturated rings. The molecule has 1 N–H and O–H groups in total. The molecule has 0 bridgehead atoms. The molecule has 0 saturated heterocycles. The molecule has 0 radical (unpaired) electrons. The number of benzene rings is 3. The molecule has 5 aromatic rings. The molecule has 0 atom stereocenters. The van der Waals surface area contributed by atoms with Gasteiger partial charge in [0.15, 0.2) is 11.2 Å². The van der Waals surface area contributed by atoms with Gasteiger partial charge in [-0.15, -0.1) is 0 Å². The van der Waals surface area contributed by atoms with E-state index in [-0.39, 0.29) is 28.8 Å². The van der Waals surface area contributed by atoms with E-state index in [4.69, 9.17) is 13.6 Å². The number of oxazole rings is 2. The first-order valence-corrected chi connectivity index (χ1v) is 8.86. The summed E-state index contributed by atoms with van der Waals surface area (Å²) in [6, 6.07) is 17.4. The summed E-state index contributed by atoms with van der Waals surface area (Å²) in [4.78, 5) is 20.5. The van der Waals surface area contributed by atoms with E-state index in [9.17, 15) is 9.90 Å². The summed E-state index contributed by atoms with van der Waals surface area (Å²) >= 11 is 0. The average Bonchev–Trinajstić information content (AvgIpc) is 3.32. The molecule has 5 rings (SSSR count). The molecule has 0 unspecified atom stereocenters. The van der Waals surface area contributed by atoms with Crippen LogP contribution in [0.1, 0.15) is 6.92 Å². The molecule has 0 aliphatic heterocycles. The lowest BCUT2D eigenvalue weighted by molar-refractivity contribution is -0.131. The highest BCUT2D eigenvalue weighted by atomic mass is 16.5. The molecule has 0 aliphatic rings. The Morgan fingerprint density at radius 2 is 1.41 bits per heavy atom. The van der Waals surface area contributed by atoms with Crippen molar-refractivity contribution in [3.8, 4) is 34.4 Å². The van der Waals surface area contributed by atoms with Crippen molar-refractivity contribution < 1.29 is 23.5 Å². The lowest BCUT2D eigenvalue weighted by Crippen LogP contribution is -2.03. The fraction of sp³-hybridized carbons (Fsp3) is 0.0455. The van der Waals surface area contributed by atoms with Gasteiger partial charge in [-0.05, 0) is 36.4 Å². The number of esters is 1. The number of hydrogen-bond acceptors (Lipinski definition) is 7. The average molecular weight is 386 g/mol. The van der Waals surface area contributed by atoms with E-state index in [2.05, 4.69) is 9.97 Å². The van der Waals surface area contributed by atoms with E-state index in [1.165, 1.54) is 19.1 Å². The van der Waals surface area contributed by atoms with Crippen molar-refractivity contribution >= 4 is 28.2 Å². The number of phenolic OH excluding ortho intramolecular Hbond substituents is 1. The molecular weight excluding hydrogens is 372 g/mol. The minimum absolute atomic E-state index is 0.107. The van der Waals surface area contributed by atoms with Crippen molar-refractivity contribution in [3.63, 3.8) is 0 Å². The maximum Gasteiger partial charge on any atom is 0.308 e. The second kappa shape index (κ2) is 6.49. The Morgan fingerprint density at radius 3 is 1.97 bits per heavy atom. The molecule has 0 aliphatic carbocycles. The van der Waals surface area contributed by atoms with Gasteiger partial charge in [-0.25, -0.2) is 9.97 Å². The van der Waals surface area contributed by atoms with E-state index in [1.807, 2.05) is 24.3 Å². The topological polar surface area (TPSA) is 98.6 Å². The molecule has 3 aromatic carbocycles. The number of carbonyl (C=O) groups is 1. The van der Waals surface area contributed by atoms with Gasteiger partial charge in [-0.2, -0.15) is 0 Å². The number of para-hydroxylation sites is 4. The Labute approximate surface area is 164 Å². The zero-order chi connectivity index (χ0) is 20.0. The molecule has 0 amide bonds. The van der Waals surface area contributed by atoms with Gasteiger partial charge in [-0.3, -0.25) is 4.79 Å². The van der Waals surface area contributed by atoms with E-state index in [0.29, 0.717) is 27.8 Å². The summed E-state index contributed by atoms with van der Waals surface area (Å²) in [5.74, 6) is -0.0107. The van der Waals surface area contributed by atoms with E-state index in [0.717, 1.165) is 0 Å². The summed E-state index contributed by atoms with van der Waals surface area (Å²) in [7, 11) is 0. The van der Waals surface area contributed by atoms with Gasteiger partial charge in [0.2, 0.25) is 11.8 Å². The highest BCUT2D eigenvalue weighted by molar-refractivity contribution is 5.84. The summed E-state index contributed by atoms with van der Waals surface area (Å²) in [6.45, 7) is 1.29. The van der Waals surface area contributed by atoms with Gasteiger partial charge in [0.25, 0.3) is 0 Å². The number of rotatable bonds is 3. The molecule has 7 heteroatoms. The molecule has 2 aromatic heterocycles. The number of aromatic hydroxyl groups is 1. The van der Waals surface area contributed by atoms with Gasteiger partial charge in [0.05, 0.1) is 11.1 Å². The van der Waals surface area contributed by atoms with Gasteiger partial charge in [-0.1, -0.05) is 24.3 Å². The summed E-state index contributed by atoms with van der Waals surface area (Å²) < 4.78 is 16.9. The van der Waals surface area contributed by atoms with Crippen LogP contribution < -0.4 is 4.74 Å². The van der Waals surface area contributed by atoms with Gasteiger partial charge in [0, 0.05) is 6.92 Å². The largest absolute Gasteiger partial charge is 0.507 e. The van der Waals surface area contributed by atoms with Crippen molar-refractivity contribution in [1.82, 2.24) is 9.97 Å². The smallest absolute Gasteiger partial charge is 0.308 e. The fourth-order valence-electron chi connectivity index (χ4n) is 3.12. The minimum Gasteiger partial charge on any atom is -0.507 e. The first kappa shape index (κ1) is 17.0. The van der Waals surface area contributed by atoms with E-state index in [1.54, 1.807) is 24.3 Å². The predicted octanol–water partition coefficient (Wildman–Crippen LogP) is 4.93. The number of nitrogens with zero attached hydrogens (tertiary/aromatic N) is 2. The molecule has 7 nitrogen and oxygen atoms in total. The highest BCUT2D eigenvalue weighted by Crippen LogP contribution is 2.41. The predicted molar refractivity (Wildman–Crippen MR) is 105 cm³/mol. The van der Waals surface area contributed by atoms with Crippen molar-refractivity contribution in [1.29, 1.82) is 0 Å². The highest BCUT2D eigenvalue weighted by Gasteiger charge is 2.21. The standard InChI is InChI=1S/C22H14N2O5/c1-12(25)27-20-11-13(21-23-15-6-2-4-8-18(15)28-21)17(26)10-14(20)22-24-16-7-3-5-9-19(16)29-22/h2-11,26H,1H3. The van der Waals surface area contributed by atoms with Crippen LogP contribution in [0.3, 0.4) is 0 Å². The molecule has 142 valence electrons. The van der Waals surface area contributed by atoms with Crippen LogP contribution >= 0.6 is 0 Å². The third-order valence-electron chi connectivity index (χ3n) is 4.40. The SMILES string of the molecule is CC(=O)Oc1cc(-c2nc3ccccc3o2)c(O)cc1-c1nc2ccccc2o1. The number of phenols is 1. The maximum atomic E-state index is 11.7. The third-order valence-corrected chi connectivity index (χ3v) is 4.40. The van der Waals surface area contributed by atoms with Crippen LogP contribution in [0.25, 0.3) is 45.1 Å². The van der Waals surface area contributed by atoms with Crippen LogP contribution in [-0.4, -0.2) is 21.0 Å². The fourth-order valence-corrected chi connectivity index (χ4v) is 3.12. The summed E-state index contributed by atoms with van der Waals surface area (Å²) in [5.41, 5.74) is 3.10. The summed E-state index contributed by atoms with van der Waals surface area (Å²) in [5, 5.41) is 10.7. The van der Waals surface area contributed by atoms with E-state index >= 15 is 0 Å². The van der Waals surface area contributed by atoms with Crippen molar-refractivity contribution in [2.45, 2.75) is 6.92 Å². The van der Waals surface area contributed by atoms with Crippen molar-refractivity contribution in [2.24, 2.45) is 0 Å². The zero-order valence-corrected chi connectivity index (χ0v) is 15.2. The Bertz CT molecular complexity index is 1320. The first-order chi connectivity index (χ1) is 14.1. The normalized spacial score (nSPS) is 11.2. The van der Waals surface area contributed by atoms with Crippen molar-refractivity contribution in [3.05, 3.63) is 60.7 Å². The Hall–Kier alpha value is -4.13. The molecule has 0 saturated carbocycles. The van der Waals surface area contributed by atoms with Crippen LogP contribution in [0.4, 0.5) is 0 Å². The molecular formula is C22H14N2O5. The lowest BCUT2D eigenvalue weighted by Gasteiger charge is -2.09. The van der Waals surface area contributed by atoms with Gasteiger partial charge < -0.3 is 18.7 Å². The Balaban J connectivity index is 1.69. The minimum atomic E-state index is -0.517. The second-order valence-electron chi connectivity index (χ2n) is 6.43. The van der Waals surface area contributed by atoms with Crippen LogP contribution in [0.2, 0.25) is 0 Å². The number of aromatic nitrogens is 2. The Morgan fingerprint density at radius 1 is 0.862 bits per heavy atom. The molecule has 0 spiro atoms. The zero-order valence-electron chi connectivity index (χ0n) is 15.2. The van der Waals surface area contributed by atoms with Crippen molar-refractivity contribution in [2.75, 3.05) is 0 Å². The second-order valence-corrected chi connectivity index (χ2v) is 6.43. The maximum absolute atomic E-state index is 11.7. The van der Waals surface area contributed by atoms with Gasteiger partial charge >= 0.3 is 5.97 Å². The summed E-state index contributed by atoms with van der Waals surface area (Å²) in [6.07, 6.45) is 0. The van der Waals surface area contributed by atoms with Crippen LogP contribution in [0.15, 0.2) is 69.5 Å². The van der Waals surface area contributed by atoms with Crippen LogP contribution in [0.5, 0.6) is 11.5 Å². The number of fused-ring (bicyclic) bond motifs is 2. The van der Waals surface area contributed by atoms with E-state index < -0.39 is 5.97 Å². The quantitative estimate of drug-likeness (QED) is 0.346. The number of hydrogen-bond donors (Lipinski definition) is 1. The first-order valence-electron chi connectivity index (χ1n) is 8.86. The number of carbonyl (C=O) groups excluding carboxylic acids is 1. The number of ether oxygens (including phenoxy) is 1.